The lowest BCUT2D eigenvalue weighted by atomic mass is 10.1. The molecule has 2 N–H and O–H groups in total. The number of fused-ring (bicyclic) bond motifs is 3. The summed E-state index contributed by atoms with van der Waals surface area (Å²) in [6, 6.07) is 11.0. The molecule has 38 heavy (non-hydrogen) atoms. The van der Waals surface area contributed by atoms with E-state index in [0.717, 1.165) is 5.69 Å². The van der Waals surface area contributed by atoms with Crippen molar-refractivity contribution in [1.82, 2.24) is 14.9 Å². The van der Waals surface area contributed by atoms with Crippen molar-refractivity contribution in [2.75, 3.05) is 55.1 Å². The topological polar surface area (TPSA) is 99.7 Å². The van der Waals surface area contributed by atoms with Crippen LogP contribution in [0.1, 0.15) is 0 Å². The van der Waals surface area contributed by atoms with Gasteiger partial charge in [-0.05, 0) is 37.6 Å². The van der Waals surface area contributed by atoms with Gasteiger partial charge in [0.25, 0.3) is 0 Å². The van der Waals surface area contributed by atoms with Gasteiger partial charge in [0.15, 0.2) is 5.82 Å². The average molecular weight is 573 g/mol. The van der Waals surface area contributed by atoms with E-state index in [1.807, 2.05) is 30.3 Å². The van der Waals surface area contributed by atoms with E-state index in [0.29, 0.717) is 70.5 Å². The lowest BCUT2D eigenvalue weighted by Crippen LogP contribution is -2.58. The van der Waals surface area contributed by atoms with E-state index in [9.17, 15) is 9.36 Å². The molecule has 9 nitrogen and oxygen atoms in total. The van der Waals surface area contributed by atoms with E-state index in [2.05, 4.69) is 32.1 Å². The van der Waals surface area contributed by atoms with Gasteiger partial charge >= 0.3 is 0 Å². The zero-order chi connectivity index (χ0) is 27.0. The zero-order valence-corrected chi connectivity index (χ0v) is 23.4. The molecule has 3 aromatic rings. The number of rotatable bonds is 6. The number of aromatic nitrogens is 2. The molecule has 1 atom stereocenters. The van der Waals surface area contributed by atoms with Gasteiger partial charge in [0, 0.05) is 36.7 Å². The van der Waals surface area contributed by atoms with Crippen LogP contribution >= 0.6 is 30.3 Å². The number of halogens is 2. The van der Waals surface area contributed by atoms with Crippen molar-refractivity contribution in [1.29, 1.82) is 0 Å². The highest BCUT2D eigenvalue weighted by molar-refractivity contribution is 7.70. The molecule has 1 saturated heterocycles. The molecule has 12 heteroatoms. The van der Waals surface area contributed by atoms with Gasteiger partial charge in [-0.2, -0.15) is 4.98 Å². The molecular weight excluding hydrogens is 546 g/mol. The maximum Gasteiger partial charge on any atom is 0.246 e. The van der Waals surface area contributed by atoms with Crippen molar-refractivity contribution in [3.63, 3.8) is 0 Å². The first-order valence-corrected chi connectivity index (χ1v) is 15.3. The van der Waals surface area contributed by atoms with Crippen LogP contribution in [0.2, 0.25) is 10.0 Å². The molecule has 2 aliphatic heterocycles. The zero-order valence-electron chi connectivity index (χ0n) is 20.9. The van der Waals surface area contributed by atoms with Crippen molar-refractivity contribution in [3.8, 4) is 5.75 Å². The maximum atomic E-state index is 12.8. The second-order valence-electron chi connectivity index (χ2n) is 9.46. The Labute approximate surface area is 231 Å². The first-order valence-electron chi connectivity index (χ1n) is 12.0. The van der Waals surface area contributed by atoms with E-state index in [1.54, 1.807) is 24.3 Å². The highest BCUT2D eigenvalue weighted by Crippen LogP contribution is 2.44. The van der Waals surface area contributed by atoms with Gasteiger partial charge in [-0.25, -0.2) is 4.98 Å². The number of anilines is 5. The molecule has 5 rings (SSSR count). The van der Waals surface area contributed by atoms with E-state index in [-0.39, 0.29) is 11.9 Å². The number of amides is 1. The summed E-state index contributed by atoms with van der Waals surface area (Å²) in [5.74, 6) is 1.23. The summed E-state index contributed by atoms with van der Waals surface area (Å²) >= 11 is 13.1. The molecule has 1 aromatic heterocycles. The first-order chi connectivity index (χ1) is 18.1. The summed E-state index contributed by atoms with van der Waals surface area (Å²) in [6.45, 7) is 9.21. The Hall–Kier alpha value is -3.26. The van der Waals surface area contributed by atoms with Gasteiger partial charge < -0.3 is 29.7 Å². The number of carbonyl (C=O) groups is 1. The number of benzene rings is 2. The SMILES string of the molecule is C=CC(=O)N1CCN2c3c(Cl)cc(Nc4ncc(Cl)c(Nc5ccccc5P(C)(C)=O)n4)cc3OC[C@@H]2C1. The summed E-state index contributed by atoms with van der Waals surface area (Å²) in [7, 11) is -2.53. The van der Waals surface area contributed by atoms with Crippen LogP contribution in [0.3, 0.4) is 0 Å². The minimum Gasteiger partial charge on any atom is -0.489 e. The third-order valence-electron chi connectivity index (χ3n) is 6.45. The van der Waals surface area contributed by atoms with Crippen LogP contribution in [0.5, 0.6) is 5.75 Å². The number of para-hydroxylation sites is 1. The van der Waals surface area contributed by atoms with Gasteiger partial charge in [-0.15, -0.1) is 0 Å². The minimum absolute atomic E-state index is 0.00844. The summed E-state index contributed by atoms with van der Waals surface area (Å²) < 4.78 is 18.8. The van der Waals surface area contributed by atoms with E-state index in [4.69, 9.17) is 27.9 Å². The van der Waals surface area contributed by atoms with E-state index < -0.39 is 7.14 Å². The predicted molar refractivity (Wildman–Crippen MR) is 154 cm³/mol. The molecule has 0 radical (unpaired) electrons. The van der Waals surface area contributed by atoms with Crippen LogP contribution in [0, 0.1) is 0 Å². The second-order valence-corrected chi connectivity index (χ2v) is 13.5. The number of nitrogens with one attached hydrogen (secondary N) is 2. The highest BCUT2D eigenvalue weighted by atomic mass is 35.5. The van der Waals surface area contributed by atoms with Crippen molar-refractivity contribution in [3.05, 3.63) is 65.3 Å². The third kappa shape index (κ3) is 5.32. The molecule has 2 aromatic carbocycles. The molecule has 2 aliphatic rings. The highest BCUT2D eigenvalue weighted by Gasteiger charge is 2.35. The Kier molecular flexibility index (Phi) is 7.27. The molecule has 0 unspecified atom stereocenters. The van der Waals surface area contributed by atoms with Gasteiger partial charge in [0.2, 0.25) is 11.9 Å². The van der Waals surface area contributed by atoms with Gasteiger partial charge in [0.05, 0.1) is 28.6 Å². The molecule has 0 aliphatic carbocycles. The van der Waals surface area contributed by atoms with Crippen LogP contribution in [0.15, 0.2) is 55.3 Å². The molecule has 3 heterocycles. The summed E-state index contributed by atoms with van der Waals surface area (Å²) in [5.41, 5.74) is 2.12. The Morgan fingerprint density at radius 3 is 2.74 bits per heavy atom. The predicted octanol–water partition coefficient (Wildman–Crippen LogP) is 5.11. The van der Waals surface area contributed by atoms with Gasteiger partial charge in [-0.3, -0.25) is 4.79 Å². The standard InChI is InChI=1S/C26H27Cl2N6O3P/c1-4-23(35)33-9-10-34-17(14-33)15-37-21-12-16(11-18(27)24(21)34)30-26-29-13-19(28)25(32-26)31-20-7-5-6-8-22(20)38(2,3)36/h4-8,11-13,17H,1,9-10,14-15H2,2-3H3,(H2,29,30,31,32)/t17-/m0/s1. The van der Waals surface area contributed by atoms with Crippen molar-refractivity contribution in [2.45, 2.75) is 6.04 Å². The number of carbonyl (C=O) groups excluding carboxylic acids is 1. The van der Waals surface area contributed by atoms with Gasteiger partial charge in [-0.1, -0.05) is 41.9 Å². The number of piperazine rings is 1. The maximum absolute atomic E-state index is 12.8. The lowest BCUT2D eigenvalue weighted by molar-refractivity contribution is -0.127. The van der Waals surface area contributed by atoms with Gasteiger partial charge in [0.1, 0.15) is 24.5 Å². The second kappa shape index (κ2) is 10.5. The fourth-order valence-electron chi connectivity index (χ4n) is 4.66. The normalized spacial score (nSPS) is 16.7. The fourth-order valence-corrected chi connectivity index (χ4v) is 6.28. The molecule has 1 fully saturated rings. The molecule has 198 valence electrons. The van der Waals surface area contributed by atoms with E-state index in [1.165, 1.54) is 12.3 Å². The smallest absolute Gasteiger partial charge is 0.246 e. The summed E-state index contributed by atoms with van der Waals surface area (Å²) in [6.07, 6.45) is 2.83. The van der Waals surface area contributed by atoms with E-state index >= 15 is 0 Å². The largest absolute Gasteiger partial charge is 0.489 e. The molecule has 0 bridgehead atoms. The van der Waals surface area contributed by atoms with Crippen LogP contribution < -0.4 is 25.6 Å². The molecule has 0 spiro atoms. The minimum atomic E-state index is -2.53. The van der Waals surface area contributed by atoms with Crippen molar-refractivity contribution >= 4 is 70.4 Å². The Morgan fingerprint density at radius 2 is 1.97 bits per heavy atom. The Balaban J connectivity index is 1.37. The number of hydrogen-bond acceptors (Lipinski definition) is 8. The third-order valence-corrected chi connectivity index (χ3v) is 8.57. The monoisotopic (exact) mass is 572 g/mol. The lowest BCUT2D eigenvalue weighted by Gasteiger charge is -2.45. The fraction of sp³-hybridized carbons (Fsp3) is 0.269. The quantitative estimate of drug-likeness (QED) is 0.310. The van der Waals surface area contributed by atoms with Crippen LogP contribution in [-0.2, 0) is 9.36 Å². The molecular formula is C26H27Cl2N6O3P. The average Bonchev–Trinajstić information content (AvgIpc) is 2.89. The van der Waals surface area contributed by atoms with Crippen LogP contribution in [0.25, 0.3) is 0 Å². The Morgan fingerprint density at radius 1 is 1.18 bits per heavy atom. The van der Waals surface area contributed by atoms with Crippen LogP contribution in [-0.4, -0.2) is 66.4 Å². The summed E-state index contributed by atoms with van der Waals surface area (Å²) in [4.78, 5) is 24.8. The number of hydrogen-bond donors (Lipinski definition) is 2. The Bertz CT molecular complexity index is 1460. The van der Waals surface area contributed by atoms with Crippen molar-refractivity contribution < 1.29 is 14.1 Å². The number of ether oxygens (including phenoxy) is 1. The van der Waals surface area contributed by atoms with Crippen molar-refractivity contribution in [2.24, 2.45) is 0 Å². The number of nitrogens with zero attached hydrogens (tertiary/aromatic N) is 4. The first kappa shape index (κ1) is 26.4. The van der Waals surface area contributed by atoms with Crippen LogP contribution in [0.4, 0.5) is 28.8 Å². The molecule has 0 saturated carbocycles. The summed E-state index contributed by atoms with van der Waals surface area (Å²) in [5, 5.41) is 7.91. The molecule has 1 amide bonds.